The van der Waals surface area contributed by atoms with Gasteiger partial charge in [0, 0.05) is 11.1 Å². The molecule has 1 aliphatic rings. The molecule has 0 aliphatic heterocycles. The normalized spacial score (nSPS) is 12.8. The molecule has 3 aromatic rings. The van der Waals surface area contributed by atoms with Gasteiger partial charge in [0.05, 0.1) is 0 Å². The first-order valence-corrected chi connectivity index (χ1v) is 5.07. The Morgan fingerprint density at radius 2 is 1.88 bits per heavy atom. The van der Waals surface area contributed by atoms with Gasteiger partial charge in [-0.3, -0.25) is 4.79 Å². The number of hydrogen-bond acceptors (Lipinski definition) is 5. The second-order valence-electron chi connectivity index (χ2n) is 3.73. The van der Waals surface area contributed by atoms with Crippen molar-refractivity contribution in [3.63, 3.8) is 0 Å². The monoisotopic (exact) mass is 223 g/mol. The number of hydrogen-bond donors (Lipinski definition) is 0. The molecule has 2 heterocycles. The Hall–Kier alpha value is -2.63. The minimum absolute atomic E-state index is 0.111. The number of rotatable bonds is 0. The molecule has 6 heteroatoms. The average Bonchev–Trinajstić information content (AvgIpc) is 2.92. The highest BCUT2D eigenvalue weighted by Crippen LogP contribution is 2.33. The Morgan fingerprint density at radius 1 is 1.06 bits per heavy atom. The Labute approximate surface area is 94.9 Å². The van der Waals surface area contributed by atoms with Gasteiger partial charge >= 0.3 is 0 Å². The molecular weight excluding hydrogens is 218 g/mol. The Balaban J connectivity index is 2.16. The third-order valence-corrected chi connectivity index (χ3v) is 2.79. The van der Waals surface area contributed by atoms with Crippen molar-refractivity contribution in [2.24, 2.45) is 0 Å². The summed E-state index contributed by atoms with van der Waals surface area (Å²) in [7, 11) is 0. The van der Waals surface area contributed by atoms with E-state index in [9.17, 15) is 4.79 Å². The molecule has 0 saturated heterocycles. The number of nitrogens with zero attached hydrogens (tertiary/aromatic N) is 5. The van der Waals surface area contributed by atoms with Gasteiger partial charge in [-0.25, -0.2) is 4.98 Å². The van der Waals surface area contributed by atoms with Crippen LogP contribution in [0, 0.1) is 0 Å². The summed E-state index contributed by atoms with van der Waals surface area (Å²) in [6.07, 6.45) is 1.36. The van der Waals surface area contributed by atoms with Crippen LogP contribution in [-0.2, 0) is 0 Å². The molecule has 0 N–H and O–H groups in total. The van der Waals surface area contributed by atoms with Crippen molar-refractivity contribution in [2.45, 2.75) is 0 Å². The molecule has 1 aromatic carbocycles. The maximum absolute atomic E-state index is 12.1. The van der Waals surface area contributed by atoms with E-state index in [-0.39, 0.29) is 5.78 Å². The van der Waals surface area contributed by atoms with Crippen LogP contribution in [0.2, 0.25) is 0 Å². The Morgan fingerprint density at radius 3 is 2.76 bits per heavy atom. The van der Waals surface area contributed by atoms with Crippen molar-refractivity contribution >= 4 is 11.6 Å². The van der Waals surface area contributed by atoms with Crippen LogP contribution < -0.4 is 0 Å². The molecule has 2 aromatic heterocycles. The summed E-state index contributed by atoms with van der Waals surface area (Å²) in [5, 5.41) is 8.02. The maximum Gasteiger partial charge on any atom is 0.270 e. The summed E-state index contributed by atoms with van der Waals surface area (Å²) in [6, 6.07) is 7.33. The molecule has 80 valence electrons. The first-order chi connectivity index (χ1) is 8.34. The van der Waals surface area contributed by atoms with Crippen molar-refractivity contribution in [3.8, 4) is 11.3 Å². The molecule has 0 atom stereocenters. The fourth-order valence-electron chi connectivity index (χ4n) is 2.02. The second kappa shape index (κ2) is 2.73. The van der Waals surface area contributed by atoms with E-state index < -0.39 is 0 Å². The molecule has 0 fully saturated rings. The van der Waals surface area contributed by atoms with Gasteiger partial charge in [0.2, 0.25) is 5.78 Å². The summed E-state index contributed by atoms with van der Waals surface area (Å²) in [5.74, 6) is 0.286. The molecule has 0 radical (unpaired) electrons. The molecule has 17 heavy (non-hydrogen) atoms. The lowest BCUT2D eigenvalue weighted by atomic mass is 10.1. The van der Waals surface area contributed by atoms with Gasteiger partial charge in [-0.15, -0.1) is 14.8 Å². The van der Waals surface area contributed by atoms with E-state index in [1.807, 2.05) is 18.2 Å². The van der Waals surface area contributed by atoms with Crippen LogP contribution in [0.1, 0.15) is 16.1 Å². The van der Waals surface area contributed by atoms with Crippen molar-refractivity contribution in [1.29, 1.82) is 0 Å². The molecule has 0 unspecified atom stereocenters. The second-order valence-corrected chi connectivity index (χ2v) is 3.73. The lowest BCUT2D eigenvalue weighted by Crippen LogP contribution is -2.05. The minimum Gasteiger partial charge on any atom is -0.287 e. The third kappa shape index (κ3) is 0.963. The van der Waals surface area contributed by atoms with Crippen LogP contribution in [0.15, 0.2) is 30.6 Å². The summed E-state index contributed by atoms with van der Waals surface area (Å²) in [5.41, 5.74) is 2.37. The molecule has 0 bridgehead atoms. The molecular formula is C11H5N5O. The lowest BCUT2D eigenvalue weighted by Gasteiger charge is -1.96. The van der Waals surface area contributed by atoms with E-state index in [4.69, 9.17) is 0 Å². The first kappa shape index (κ1) is 8.51. The fourth-order valence-corrected chi connectivity index (χ4v) is 2.02. The first-order valence-electron chi connectivity index (χ1n) is 5.07. The quantitative estimate of drug-likeness (QED) is 0.439. The number of fused-ring (bicyclic) bond motifs is 4. The molecule has 4 rings (SSSR count). The average molecular weight is 223 g/mol. The van der Waals surface area contributed by atoms with E-state index in [0.717, 1.165) is 5.56 Å². The van der Waals surface area contributed by atoms with Gasteiger partial charge < -0.3 is 0 Å². The maximum atomic E-state index is 12.1. The van der Waals surface area contributed by atoms with E-state index in [2.05, 4.69) is 20.2 Å². The van der Waals surface area contributed by atoms with Crippen LogP contribution >= 0.6 is 0 Å². The van der Waals surface area contributed by atoms with Crippen LogP contribution in [0.5, 0.6) is 0 Å². The molecule has 0 saturated carbocycles. The summed E-state index contributed by atoms with van der Waals surface area (Å²) < 4.78 is 1.27. The van der Waals surface area contributed by atoms with Crippen LogP contribution in [-0.4, -0.2) is 30.6 Å². The van der Waals surface area contributed by atoms with Crippen molar-refractivity contribution in [3.05, 3.63) is 41.9 Å². The molecule has 0 amide bonds. The predicted octanol–water partition coefficient (Wildman–Crippen LogP) is 0.731. The zero-order valence-corrected chi connectivity index (χ0v) is 8.53. The zero-order valence-electron chi connectivity index (χ0n) is 8.53. The Kier molecular flexibility index (Phi) is 1.37. The van der Waals surface area contributed by atoms with Crippen molar-refractivity contribution in [2.75, 3.05) is 0 Å². The number of carbonyl (C=O) groups excluding carboxylic acids is 1. The van der Waals surface area contributed by atoms with E-state index in [0.29, 0.717) is 22.7 Å². The van der Waals surface area contributed by atoms with Crippen LogP contribution in [0.25, 0.3) is 17.0 Å². The SMILES string of the molecule is O=C1c2ccccc2-c2nc3ncnn3nc21. The summed E-state index contributed by atoms with van der Waals surface area (Å²) in [4.78, 5) is 20.4. The number of benzene rings is 1. The van der Waals surface area contributed by atoms with Gasteiger partial charge in [0.25, 0.3) is 5.78 Å². The fraction of sp³-hybridized carbons (Fsp3) is 0. The predicted molar refractivity (Wildman–Crippen MR) is 57.4 cm³/mol. The van der Waals surface area contributed by atoms with Gasteiger partial charge in [-0.05, 0) is 0 Å². The largest absolute Gasteiger partial charge is 0.287 e. The zero-order chi connectivity index (χ0) is 11.4. The highest BCUT2D eigenvalue weighted by atomic mass is 16.1. The van der Waals surface area contributed by atoms with Gasteiger partial charge in [-0.2, -0.15) is 4.98 Å². The van der Waals surface area contributed by atoms with E-state index in [1.165, 1.54) is 11.0 Å². The number of ketones is 1. The standard InChI is InChI=1S/C11H5N5O/c17-10-7-4-2-1-3-6(7)8-9(10)15-16-11(14-8)12-5-13-16/h1-5H. The Bertz CT molecular complexity index is 776. The summed E-state index contributed by atoms with van der Waals surface area (Å²) >= 11 is 0. The number of aromatic nitrogens is 5. The van der Waals surface area contributed by atoms with E-state index >= 15 is 0 Å². The van der Waals surface area contributed by atoms with Crippen LogP contribution in [0.3, 0.4) is 0 Å². The highest BCUT2D eigenvalue weighted by molar-refractivity contribution is 6.19. The molecule has 6 nitrogen and oxygen atoms in total. The molecule has 0 spiro atoms. The minimum atomic E-state index is -0.111. The van der Waals surface area contributed by atoms with E-state index in [1.54, 1.807) is 6.07 Å². The van der Waals surface area contributed by atoms with Crippen LogP contribution in [0.4, 0.5) is 0 Å². The van der Waals surface area contributed by atoms with Crippen molar-refractivity contribution < 1.29 is 4.79 Å². The van der Waals surface area contributed by atoms with Gasteiger partial charge in [0.15, 0.2) is 5.69 Å². The molecule has 1 aliphatic carbocycles. The lowest BCUT2D eigenvalue weighted by molar-refractivity contribution is 0.103. The topological polar surface area (TPSA) is 73.0 Å². The van der Waals surface area contributed by atoms with Crippen molar-refractivity contribution in [1.82, 2.24) is 24.8 Å². The van der Waals surface area contributed by atoms with Gasteiger partial charge in [0.1, 0.15) is 12.0 Å². The smallest absolute Gasteiger partial charge is 0.270 e. The summed E-state index contributed by atoms with van der Waals surface area (Å²) in [6.45, 7) is 0. The highest BCUT2D eigenvalue weighted by Gasteiger charge is 2.30. The third-order valence-electron chi connectivity index (χ3n) is 2.79. The van der Waals surface area contributed by atoms with Gasteiger partial charge in [-0.1, -0.05) is 24.3 Å². The number of carbonyl (C=O) groups is 1.